The first-order valence-corrected chi connectivity index (χ1v) is 5.20. The van der Waals surface area contributed by atoms with Crippen molar-refractivity contribution in [2.45, 2.75) is 26.2 Å². The van der Waals surface area contributed by atoms with Crippen LogP contribution in [0.3, 0.4) is 0 Å². The predicted octanol–water partition coefficient (Wildman–Crippen LogP) is 0.854. The quantitative estimate of drug-likeness (QED) is 0.687. The van der Waals surface area contributed by atoms with Gasteiger partial charge in [0.15, 0.2) is 0 Å². The Balaban J connectivity index is 2.27. The van der Waals surface area contributed by atoms with Crippen LogP contribution in [0.5, 0.6) is 0 Å². The van der Waals surface area contributed by atoms with E-state index >= 15 is 0 Å². The van der Waals surface area contributed by atoms with Crippen LogP contribution < -0.4 is 5.32 Å². The Hall–Kier alpha value is -0.570. The molecule has 76 valence electrons. The molecular formula is C10H20N2O. The van der Waals surface area contributed by atoms with Crippen molar-refractivity contribution < 1.29 is 4.79 Å². The molecule has 0 spiro atoms. The van der Waals surface area contributed by atoms with Gasteiger partial charge in [-0.15, -0.1) is 0 Å². The number of nitrogens with zero attached hydrogens (tertiary/aromatic N) is 1. The van der Waals surface area contributed by atoms with Crippen molar-refractivity contribution in [1.29, 1.82) is 0 Å². The van der Waals surface area contributed by atoms with Gasteiger partial charge in [0.1, 0.15) is 0 Å². The first-order chi connectivity index (χ1) is 6.27. The average molecular weight is 184 g/mol. The molecule has 1 amide bonds. The Kier molecular flexibility index (Phi) is 4.22. The fourth-order valence-electron chi connectivity index (χ4n) is 1.66. The van der Waals surface area contributed by atoms with Crippen LogP contribution in [-0.4, -0.2) is 37.5 Å². The molecular weight excluding hydrogens is 164 g/mol. The van der Waals surface area contributed by atoms with E-state index in [4.69, 9.17) is 0 Å². The Morgan fingerprint density at radius 3 is 2.62 bits per heavy atom. The molecule has 3 heteroatoms. The third-order valence-electron chi connectivity index (χ3n) is 2.77. The van der Waals surface area contributed by atoms with Gasteiger partial charge in [-0.2, -0.15) is 0 Å². The predicted molar refractivity (Wildman–Crippen MR) is 53.5 cm³/mol. The van der Waals surface area contributed by atoms with Gasteiger partial charge in [-0.3, -0.25) is 4.79 Å². The van der Waals surface area contributed by atoms with Crippen molar-refractivity contribution in [1.82, 2.24) is 10.2 Å². The Morgan fingerprint density at radius 1 is 1.54 bits per heavy atom. The van der Waals surface area contributed by atoms with E-state index in [2.05, 4.69) is 5.32 Å². The van der Waals surface area contributed by atoms with E-state index in [-0.39, 0.29) is 5.91 Å². The van der Waals surface area contributed by atoms with E-state index in [9.17, 15) is 4.79 Å². The lowest BCUT2D eigenvalue weighted by molar-refractivity contribution is -0.131. The molecule has 13 heavy (non-hydrogen) atoms. The Labute approximate surface area is 80.5 Å². The number of carbonyl (C=O) groups is 1. The first-order valence-electron chi connectivity index (χ1n) is 5.20. The fraction of sp³-hybridized carbons (Fsp3) is 0.900. The molecule has 3 nitrogen and oxygen atoms in total. The topological polar surface area (TPSA) is 32.3 Å². The summed E-state index contributed by atoms with van der Waals surface area (Å²) < 4.78 is 0. The number of carbonyl (C=O) groups excluding carboxylic acids is 1. The van der Waals surface area contributed by atoms with Crippen LogP contribution in [0.15, 0.2) is 0 Å². The van der Waals surface area contributed by atoms with Crippen LogP contribution in [-0.2, 0) is 4.79 Å². The highest BCUT2D eigenvalue weighted by molar-refractivity contribution is 5.78. The van der Waals surface area contributed by atoms with Crippen LogP contribution >= 0.6 is 0 Å². The van der Waals surface area contributed by atoms with Crippen molar-refractivity contribution in [2.24, 2.45) is 5.92 Å². The molecule has 0 aromatic rings. The average Bonchev–Trinajstić information content (AvgIpc) is 2.03. The zero-order valence-electron chi connectivity index (χ0n) is 8.68. The first kappa shape index (κ1) is 10.5. The maximum Gasteiger partial charge on any atom is 0.236 e. The second kappa shape index (κ2) is 5.22. The van der Waals surface area contributed by atoms with Crippen LogP contribution in [0, 0.1) is 5.92 Å². The summed E-state index contributed by atoms with van der Waals surface area (Å²) >= 11 is 0. The lowest BCUT2D eigenvalue weighted by Crippen LogP contribution is -2.41. The highest BCUT2D eigenvalue weighted by Crippen LogP contribution is 2.26. The van der Waals surface area contributed by atoms with Gasteiger partial charge >= 0.3 is 0 Å². The van der Waals surface area contributed by atoms with Gasteiger partial charge in [-0.25, -0.2) is 0 Å². The second-order valence-corrected chi connectivity index (χ2v) is 3.76. The molecule has 0 aliphatic heterocycles. The molecule has 1 aliphatic rings. The van der Waals surface area contributed by atoms with Crippen LogP contribution in [0.2, 0.25) is 0 Å². The number of hydrogen-bond acceptors (Lipinski definition) is 2. The van der Waals surface area contributed by atoms with Crippen LogP contribution in [0.4, 0.5) is 0 Å². The smallest absolute Gasteiger partial charge is 0.236 e. The monoisotopic (exact) mass is 184 g/mol. The summed E-state index contributed by atoms with van der Waals surface area (Å²) in [4.78, 5) is 13.5. The number of hydrogen-bond donors (Lipinski definition) is 1. The van der Waals surface area contributed by atoms with Gasteiger partial charge in [0.25, 0.3) is 0 Å². The van der Waals surface area contributed by atoms with Gasteiger partial charge in [0.2, 0.25) is 5.91 Å². The van der Waals surface area contributed by atoms with Crippen molar-refractivity contribution in [3.8, 4) is 0 Å². The van der Waals surface area contributed by atoms with Gasteiger partial charge < -0.3 is 10.2 Å². The van der Waals surface area contributed by atoms with E-state index in [0.29, 0.717) is 6.54 Å². The number of amides is 1. The van der Waals surface area contributed by atoms with Crippen molar-refractivity contribution in [2.75, 3.05) is 26.7 Å². The van der Waals surface area contributed by atoms with E-state index in [0.717, 1.165) is 19.0 Å². The summed E-state index contributed by atoms with van der Waals surface area (Å²) in [6.07, 6.45) is 3.97. The molecule has 1 saturated carbocycles. The number of rotatable bonds is 5. The number of likely N-dealkylation sites (N-methyl/N-ethyl adjacent to an activating group) is 2. The summed E-state index contributed by atoms with van der Waals surface area (Å²) in [7, 11) is 1.81. The van der Waals surface area contributed by atoms with Crippen molar-refractivity contribution >= 4 is 5.91 Å². The van der Waals surface area contributed by atoms with Crippen molar-refractivity contribution in [3.05, 3.63) is 0 Å². The van der Waals surface area contributed by atoms with Gasteiger partial charge in [0, 0.05) is 13.1 Å². The highest BCUT2D eigenvalue weighted by atomic mass is 16.2. The largest absolute Gasteiger partial charge is 0.342 e. The van der Waals surface area contributed by atoms with E-state index in [1.165, 1.54) is 19.3 Å². The minimum absolute atomic E-state index is 0.233. The maximum absolute atomic E-state index is 11.5. The van der Waals surface area contributed by atoms with Gasteiger partial charge in [-0.1, -0.05) is 6.42 Å². The molecule has 1 rings (SSSR count). The molecule has 0 aromatic carbocycles. The minimum Gasteiger partial charge on any atom is -0.342 e. The summed E-state index contributed by atoms with van der Waals surface area (Å²) in [6, 6.07) is 0. The summed E-state index contributed by atoms with van der Waals surface area (Å²) in [5.74, 6) is 1.01. The summed E-state index contributed by atoms with van der Waals surface area (Å²) in [5, 5.41) is 2.90. The van der Waals surface area contributed by atoms with E-state index in [1.54, 1.807) is 0 Å². The van der Waals surface area contributed by atoms with Gasteiger partial charge in [0.05, 0.1) is 6.54 Å². The summed E-state index contributed by atoms with van der Waals surface area (Å²) in [6.45, 7) is 4.33. The molecule has 1 aliphatic carbocycles. The number of nitrogens with one attached hydrogen (secondary N) is 1. The molecule has 0 radical (unpaired) electrons. The zero-order chi connectivity index (χ0) is 9.68. The lowest BCUT2D eigenvalue weighted by Gasteiger charge is -2.31. The van der Waals surface area contributed by atoms with Crippen LogP contribution in [0.25, 0.3) is 0 Å². The Bertz CT molecular complexity index is 166. The highest BCUT2D eigenvalue weighted by Gasteiger charge is 2.21. The molecule has 0 unspecified atom stereocenters. The molecule has 0 saturated heterocycles. The molecule has 1 fully saturated rings. The van der Waals surface area contributed by atoms with Gasteiger partial charge in [-0.05, 0) is 32.7 Å². The lowest BCUT2D eigenvalue weighted by atomic mass is 9.85. The van der Waals surface area contributed by atoms with E-state index < -0.39 is 0 Å². The SMILES string of the molecule is CCN(CC1CCC1)C(=O)CNC. The third-order valence-corrected chi connectivity index (χ3v) is 2.77. The standard InChI is InChI=1S/C10H20N2O/c1-3-12(10(13)7-11-2)8-9-5-4-6-9/h9,11H,3-8H2,1-2H3. The molecule has 0 heterocycles. The fourth-order valence-corrected chi connectivity index (χ4v) is 1.66. The summed E-state index contributed by atoms with van der Waals surface area (Å²) in [5.41, 5.74) is 0. The second-order valence-electron chi connectivity index (χ2n) is 3.76. The molecule has 0 atom stereocenters. The molecule has 0 aromatic heterocycles. The van der Waals surface area contributed by atoms with Crippen molar-refractivity contribution in [3.63, 3.8) is 0 Å². The zero-order valence-corrected chi connectivity index (χ0v) is 8.68. The third kappa shape index (κ3) is 2.99. The molecule has 0 bridgehead atoms. The van der Waals surface area contributed by atoms with Crippen LogP contribution in [0.1, 0.15) is 26.2 Å². The molecule has 1 N–H and O–H groups in total. The minimum atomic E-state index is 0.233. The maximum atomic E-state index is 11.5. The normalized spacial score (nSPS) is 16.8. The van der Waals surface area contributed by atoms with E-state index in [1.807, 2.05) is 18.9 Å². The Morgan fingerprint density at radius 2 is 2.23 bits per heavy atom.